The monoisotopic (exact) mass is 401 g/mol. The van der Waals surface area contributed by atoms with Crippen LogP contribution in [0.1, 0.15) is 6.92 Å². The Hall–Kier alpha value is -3.27. The number of nitro groups is 1. The van der Waals surface area contributed by atoms with Gasteiger partial charge in [0.05, 0.1) is 10.2 Å². The van der Waals surface area contributed by atoms with E-state index in [4.69, 9.17) is 0 Å². The molecule has 0 radical (unpaired) electrons. The second-order valence-electron chi connectivity index (χ2n) is 5.90. The van der Waals surface area contributed by atoms with E-state index in [1.54, 1.807) is 36.7 Å². The van der Waals surface area contributed by atoms with Crippen LogP contribution in [-0.2, 0) is 11.8 Å². The topological polar surface area (TPSA) is 103 Å². The summed E-state index contributed by atoms with van der Waals surface area (Å²) in [7, 11) is 1.74. The van der Waals surface area contributed by atoms with Crippen LogP contribution in [-0.4, -0.2) is 30.8 Å². The molecule has 1 amide bonds. The van der Waals surface area contributed by atoms with Crippen molar-refractivity contribution in [3.05, 3.63) is 64.5 Å². The predicted molar refractivity (Wildman–Crippen MR) is 103 cm³/mol. The van der Waals surface area contributed by atoms with E-state index in [2.05, 4.69) is 15.5 Å². The fourth-order valence-electron chi connectivity index (χ4n) is 2.45. The first-order valence-corrected chi connectivity index (χ1v) is 9.11. The minimum absolute atomic E-state index is 0.134. The van der Waals surface area contributed by atoms with Crippen LogP contribution in [0.4, 0.5) is 15.8 Å². The number of hydrogen-bond acceptors (Lipinski definition) is 6. The third-order valence-electron chi connectivity index (χ3n) is 3.95. The lowest BCUT2D eigenvalue weighted by atomic mass is 10.2. The largest absolute Gasteiger partial charge is 0.319 e. The number of carbonyl (C=O) groups is 1. The molecule has 0 aliphatic carbocycles. The van der Waals surface area contributed by atoms with Gasteiger partial charge in [-0.05, 0) is 37.3 Å². The average Bonchev–Trinajstić information content (AvgIpc) is 3.03. The van der Waals surface area contributed by atoms with Crippen LogP contribution in [0.2, 0.25) is 0 Å². The summed E-state index contributed by atoms with van der Waals surface area (Å²) in [5.41, 5.74) is 0.653. The lowest BCUT2D eigenvalue weighted by Crippen LogP contribution is -2.23. The van der Waals surface area contributed by atoms with Gasteiger partial charge >= 0.3 is 0 Å². The van der Waals surface area contributed by atoms with Crippen molar-refractivity contribution in [2.24, 2.45) is 7.05 Å². The van der Waals surface area contributed by atoms with Crippen molar-refractivity contribution in [1.82, 2.24) is 14.8 Å². The van der Waals surface area contributed by atoms with Crippen molar-refractivity contribution in [2.45, 2.75) is 17.3 Å². The fraction of sp³-hybridized carbons (Fsp3) is 0.167. The normalized spacial score (nSPS) is 11.8. The van der Waals surface area contributed by atoms with E-state index < -0.39 is 16.1 Å². The Balaban J connectivity index is 1.73. The third-order valence-corrected chi connectivity index (χ3v) is 5.08. The SMILES string of the molecule is C[C@@H](Sc1nnc(-c2ccc(F)cc2)n1C)C(=O)Nc1ccccc1[N+](=O)[O-]. The maximum atomic E-state index is 13.1. The summed E-state index contributed by atoms with van der Waals surface area (Å²) in [6, 6.07) is 11.8. The number of aromatic nitrogens is 3. The quantitative estimate of drug-likeness (QED) is 0.384. The summed E-state index contributed by atoms with van der Waals surface area (Å²) < 4.78 is 14.8. The molecule has 0 saturated heterocycles. The standard InChI is InChI=1S/C18H16FN5O3S/c1-11(17(25)20-14-5-3-4-6-15(14)24(26)27)28-18-22-21-16(23(18)2)12-7-9-13(19)10-8-12/h3-11H,1-2H3,(H,20,25)/t11-/m1/s1. The summed E-state index contributed by atoms with van der Waals surface area (Å²) in [5.74, 6) is -0.208. The highest BCUT2D eigenvalue weighted by Gasteiger charge is 2.22. The number of carbonyl (C=O) groups excluding carboxylic acids is 1. The van der Waals surface area contributed by atoms with Crippen LogP contribution in [0.5, 0.6) is 0 Å². The number of para-hydroxylation sites is 2. The minimum atomic E-state index is -0.580. The van der Waals surface area contributed by atoms with Gasteiger partial charge in [-0.1, -0.05) is 23.9 Å². The second-order valence-corrected chi connectivity index (χ2v) is 7.20. The molecule has 1 heterocycles. The molecule has 28 heavy (non-hydrogen) atoms. The molecule has 144 valence electrons. The molecule has 8 nitrogen and oxygen atoms in total. The lowest BCUT2D eigenvalue weighted by Gasteiger charge is -2.12. The number of anilines is 1. The van der Waals surface area contributed by atoms with E-state index in [0.29, 0.717) is 16.5 Å². The Bertz CT molecular complexity index is 1020. The molecule has 0 aliphatic heterocycles. The Morgan fingerprint density at radius 1 is 1.21 bits per heavy atom. The Morgan fingerprint density at radius 2 is 1.89 bits per heavy atom. The molecule has 0 fully saturated rings. The molecule has 0 spiro atoms. The molecule has 10 heteroatoms. The third kappa shape index (κ3) is 4.17. The molecule has 0 aliphatic rings. The number of nitrogens with zero attached hydrogens (tertiary/aromatic N) is 4. The summed E-state index contributed by atoms with van der Waals surface area (Å²) in [6.45, 7) is 1.67. The number of halogens is 1. The van der Waals surface area contributed by atoms with Crippen LogP contribution in [0, 0.1) is 15.9 Å². The van der Waals surface area contributed by atoms with Gasteiger partial charge < -0.3 is 9.88 Å². The van der Waals surface area contributed by atoms with Crippen LogP contribution >= 0.6 is 11.8 Å². The molecular formula is C18H16FN5O3S. The zero-order valence-corrected chi connectivity index (χ0v) is 15.8. The van der Waals surface area contributed by atoms with Crippen molar-refractivity contribution in [3.63, 3.8) is 0 Å². The van der Waals surface area contributed by atoms with Gasteiger partial charge in [0.25, 0.3) is 5.69 Å². The number of nitrogens with one attached hydrogen (secondary N) is 1. The van der Waals surface area contributed by atoms with Crippen molar-refractivity contribution in [1.29, 1.82) is 0 Å². The molecule has 1 atom stereocenters. The van der Waals surface area contributed by atoms with E-state index in [0.717, 1.165) is 11.8 Å². The maximum Gasteiger partial charge on any atom is 0.292 e. The van der Waals surface area contributed by atoms with Crippen LogP contribution in [0.3, 0.4) is 0 Å². The van der Waals surface area contributed by atoms with Gasteiger partial charge in [-0.15, -0.1) is 10.2 Å². The van der Waals surface area contributed by atoms with E-state index in [9.17, 15) is 19.3 Å². The van der Waals surface area contributed by atoms with Crippen molar-refractivity contribution in [2.75, 3.05) is 5.32 Å². The lowest BCUT2D eigenvalue weighted by molar-refractivity contribution is -0.383. The van der Waals surface area contributed by atoms with Gasteiger partial charge in [-0.3, -0.25) is 14.9 Å². The first kappa shape index (κ1) is 19.5. The van der Waals surface area contributed by atoms with Gasteiger partial charge in [0.2, 0.25) is 5.91 Å². The molecule has 3 aromatic rings. The highest BCUT2D eigenvalue weighted by molar-refractivity contribution is 8.00. The summed E-state index contributed by atoms with van der Waals surface area (Å²) in [4.78, 5) is 23.0. The number of nitro benzene ring substituents is 1. The maximum absolute atomic E-state index is 13.1. The second kappa shape index (κ2) is 8.17. The molecule has 0 unspecified atom stereocenters. The van der Waals surface area contributed by atoms with Crippen molar-refractivity contribution in [3.8, 4) is 11.4 Å². The van der Waals surface area contributed by atoms with Gasteiger partial charge in [0, 0.05) is 18.7 Å². The van der Waals surface area contributed by atoms with Gasteiger partial charge in [-0.2, -0.15) is 0 Å². The summed E-state index contributed by atoms with van der Waals surface area (Å²) in [6.07, 6.45) is 0. The van der Waals surface area contributed by atoms with Crippen molar-refractivity contribution < 1.29 is 14.1 Å². The Morgan fingerprint density at radius 3 is 2.57 bits per heavy atom. The van der Waals surface area contributed by atoms with Gasteiger partial charge in [-0.25, -0.2) is 4.39 Å². The number of thioether (sulfide) groups is 1. The number of benzene rings is 2. The number of amides is 1. The van der Waals surface area contributed by atoms with E-state index in [-0.39, 0.29) is 17.2 Å². The Labute approximate surface area is 163 Å². The van der Waals surface area contributed by atoms with Gasteiger partial charge in [0.1, 0.15) is 11.5 Å². The van der Waals surface area contributed by atoms with E-state index in [1.165, 1.54) is 30.3 Å². The summed E-state index contributed by atoms with van der Waals surface area (Å²) in [5, 5.41) is 21.7. The summed E-state index contributed by atoms with van der Waals surface area (Å²) >= 11 is 1.16. The molecule has 1 aromatic heterocycles. The molecule has 2 aromatic carbocycles. The van der Waals surface area contributed by atoms with Crippen LogP contribution < -0.4 is 5.32 Å². The molecule has 1 N–H and O–H groups in total. The van der Waals surface area contributed by atoms with Crippen molar-refractivity contribution >= 4 is 29.0 Å². The zero-order chi connectivity index (χ0) is 20.3. The molecule has 3 rings (SSSR count). The highest BCUT2D eigenvalue weighted by Crippen LogP contribution is 2.28. The zero-order valence-electron chi connectivity index (χ0n) is 15.0. The smallest absolute Gasteiger partial charge is 0.292 e. The molecule has 0 saturated carbocycles. The van der Waals surface area contributed by atoms with Gasteiger partial charge in [0.15, 0.2) is 11.0 Å². The number of hydrogen-bond donors (Lipinski definition) is 1. The average molecular weight is 401 g/mol. The molecular weight excluding hydrogens is 385 g/mol. The van der Waals surface area contributed by atoms with E-state index in [1.807, 2.05) is 0 Å². The predicted octanol–water partition coefficient (Wildman–Crippen LogP) is 3.65. The molecule has 0 bridgehead atoms. The first-order valence-electron chi connectivity index (χ1n) is 8.23. The number of rotatable bonds is 6. The highest BCUT2D eigenvalue weighted by atomic mass is 32.2. The van der Waals surface area contributed by atoms with E-state index >= 15 is 0 Å². The van der Waals surface area contributed by atoms with Crippen LogP contribution in [0.25, 0.3) is 11.4 Å². The minimum Gasteiger partial charge on any atom is -0.319 e. The van der Waals surface area contributed by atoms with Crippen LogP contribution in [0.15, 0.2) is 53.7 Å². The fourth-order valence-corrected chi connectivity index (χ4v) is 3.27. The Kier molecular flexibility index (Phi) is 5.69. The first-order chi connectivity index (χ1) is 13.4.